The summed E-state index contributed by atoms with van der Waals surface area (Å²) in [5.74, 6) is 0. The third-order valence-electron chi connectivity index (χ3n) is 2.33. The Morgan fingerprint density at radius 1 is 1.47 bits per heavy atom. The van der Waals surface area contributed by atoms with Crippen LogP contribution in [0.2, 0.25) is 0 Å². The second-order valence-electron chi connectivity index (χ2n) is 3.99. The summed E-state index contributed by atoms with van der Waals surface area (Å²) in [6.07, 6.45) is -3.30. The first-order valence-electron chi connectivity index (χ1n) is 5.06. The maximum atomic E-state index is 12.2. The van der Waals surface area contributed by atoms with Gasteiger partial charge in [-0.05, 0) is 19.9 Å². The van der Waals surface area contributed by atoms with E-state index in [1.165, 1.54) is 4.90 Å². The van der Waals surface area contributed by atoms with Gasteiger partial charge in [-0.15, -0.1) is 0 Å². The topological polar surface area (TPSA) is 35.5 Å². The first-order valence-corrected chi connectivity index (χ1v) is 5.06. The molecule has 1 fully saturated rings. The van der Waals surface area contributed by atoms with Gasteiger partial charge in [0.15, 0.2) is 0 Å². The summed E-state index contributed by atoms with van der Waals surface area (Å²) in [6.45, 7) is -0.509. The van der Waals surface area contributed by atoms with Crippen molar-refractivity contribution in [1.29, 1.82) is 0 Å². The minimum absolute atomic E-state index is 0.0122. The van der Waals surface area contributed by atoms with Gasteiger partial charge in [-0.25, -0.2) is 0 Å². The van der Waals surface area contributed by atoms with Gasteiger partial charge in [0.2, 0.25) is 0 Å². The summed E-state index contributed by atoms with van der Waals surface area (Å²) in [5.41, 5.74) is 0. The van der Waals surface area contributed by atoms with Crippen molar-refractivity contribution in [2.24, 2.45) is 0 Å². The molecule has 0 heterocycles. The normalized spacial score (nSPS) is 19.6. The van der Waals surface area contributed by atoms with Gasteiger partial charge in [0.1, 0.15) is 0 Å². The highest BCUT2D eigenvalue weighted by Crippen LogP contribution is 2.29. The van der Waals surface area contributed by atoms with Crippen LogP contribution < -0.4 is 5.32 Å². The zero-order valence-electron chi connectivity index (χ0n) is 8.72. The Kier molecular flexibility index (Phi) is 4.36. The van der Waals surface area contributed by atoms with E-state index in [9.17, 15) is 18.3 Å². The molecule has 0 aromatic heterocycles. The highest BCUT2D eigenvalue weighted by Gasteiger charge is 2.38. The zero-order valence-corrected chi connectivity index (χ0v) is 8.72. The number of likely N-dealkylation sites (N-methyl/N-ethyl adjacent to an activating group) is 1. The van der Waals surface area contributed by atoms with Crippen LogP contribution in [0, 0.1) is 0 Å². The molecule has 15 heavy (non-hydrogen) atoms. The molecule has 1 saturated carbocycles. The van der Waals surface area contributed by atoms with E-state index in [0.29, 0.717) is 6.54 Å². The van der Waals surface area contributed by atoms with Crippen molar-refractivity contribution in [3.05, 3.63) is 0 Å². The molecule has 0 radical (unpaired) electrons. The number of alkyl halides is 3. The molecule has 0 aromatic carbocycles. The molecular formula is C9H17F3N2O. The van der Waals surface area contributed by atoms with Crippen LogP contribution in [0.5, 0.6) is 0 Å². The molecule has 0 spiro atoms. The lowest BCUT2D eigenvalue weighted by Crippen LogP contribution is -2.43. The summed E-state index contributed by atoms with van der Waals surface area (Å²) >= 11 is 0. The minimum atomic E-state index is -4.18. The Labute approximate surface area is 87.3 Å². The van der Waals surface area contributed by atoms with E-state index in [2.05, 4.69) is 5.32 Å². The van der Waals surface area contributed by atoms with Crippen LogP contribution >= 0.6 is 0 Å². The van der Waals surface area contributed by atoms with E-state index >= 15 is 0 Å². The lowest BCUT2D eigenvalue weighted by Gasteiger charge is -2.25. The van der Waals surface area contributed by atoms with Crippen molar-refractivity contribution in [2.75, 3.05) is 26.7 Å². The highest BCUT2D eigenvalue weighted by molar-refractivity contribution is 4.87. The van der Waals surface area contributed by atoms with Crippen molar-refractivity contribution in [3.63, 3.8) is 0 Å². The van der Waals surface area contributed by atoms with E-state index in [1.807, 2.05) is 0 Å². The molecule has 1 aliphatic carbocycles. The fourth-order valence-electron chi connectivity index (χ4n) is 1.58. The summed E-state index contributed by atoms with van der Waals surface area (Å²) in [7, 11) is 1.66. The maximum absolute atomic E-state index is 12.2. The number of hydrogen-bond donors (Lipinski definition) is 2. The second kappa shape index (κ2) is 5.14. The molecule has 0 bridgehead atoms. The third-order valence-corrected chi connectivity index (χ3v) is 2.33. The quantitative estimate of drug-likeness (QED) is 0.696. The van der Waals surface area contributed by atoms with Crippen molar-refractivity contribution >= 4 is 0 Å². The van der Waals surface area contributed by atoms with Crippen molar-refractivity contribution in [1.82, 2.24) is 10.2 Å². The molecule has 1 unspecified atom stereocenters. The predicted octanol–water partition coefficient (Wildman–Crippen LogP) is 0.593. The lowest BCUT2D eigenvalue weighted by molar-refractivity contribution is -0.149. The van der Waals surface area contributed by atoms with E-state index < -0.39 is 18.8 Å². The molecule has 2 N–H and O–H groups in total. The predicted molar refractivity (Wildman–Crippen MR) is 50.6 cm³/mol. The first-order chi connectivity index (χ1) is 6.92. The zero-order chi connectivity index (χ0) is 11.5. The molecule has 0 saturated heterocycles. The third kappa shape index (κ3) is 5.34. The Bertz CT molecular complexity index is 194. The minimum Gasteiger partial charge on any atom is -0.390 e. The van der Waals surface area contributed by atoms with Crippen LogP contribution in [-0.4, -0.2) is 55.0 Å². The van der Waals surface area contributed by atoms with Crippen molar-refractivity contribution in [3.8, 4) is 0 Å². The molecule has 0 amide bonds. The number of rotatable bonds is 6. The molecule has 0 aliphatic heterocycles. The van der Waals surface area contributed by atoms with Gasteiger partial charge in [0, 0.05) is 19.1 Å². The molecule has 1 atom stereocenters. The largest absolute Gasteiger partial charge is 0.401 e. The van der Waals surface area contributed by atoms with Crippen molar-refractivity contribution in [2.45, 2.75) is 31.2 Å². The summed E-state index contributed by atoms with van der Waals surface area (Å²) in [4.78, 5) is 1.32. The van der Waals surface area contributed by atoms with Gasteiger partial charge in [-0.3, -0.25) is 4.90 Å². The number of aliphatic hydroxyl groups is 1. The lowest BCUT2D eigenvalue weighted by atomic mass is 10.3. The van der Waals surface area contributed by atoms with Crippen LogP contribution in [0.15, 0.2) is 0 Å². The fraction of sp³-hybridized carbons (Fsp3) is 1.00. The van der Waals surface area contributed by atoms with Crippen LogP contribution in [0.4, 0.5) is 13.2 Å². The molecule has 0 aromatic rings. The molecule has 1 aliphatic rings. The van der Waals surface area contributed by atoms with Gasteiger partial charge in [0.25, 0.3) is 0 Å². The Morgan fingerprint density at radius 3 is 2.47 bits per heavy atom. The van der Waals surface area contributed by atoms with Crippen LogP contribution in [0.25, 0.3) is 0 Å². The molecule has 1 rings (SSSR count). The average molecular weight is 226 g/mol. The molecule has 3 nitrogen and oxygen atoms in total. The number of nitrogens with zero attached hydrogens (tertiary/aromatic N) is 1. The SMILES string of the molecule is CNCC(O)CN(CC(F)(F)F)C1CC1. The van der Waals surface area contributed by atoms with Crippen molar-refractivity contribution < 1.29 is 18.3 Å². The van der Waals surface area contributed by atoms with Crippen LogP contribution in [0.3, 0.4) is 0 Å². The van der Waals surface area contributed by atoms with Gasteiger partial charge >= 0.3 is 6.18 Å². The van der Waals surface area contributed by atoms with Crippen LogP contribution in [0.1, 0.15) is 12.8 Å². The Morgan fingerprint density at radius 2 is 2.07 bits per heavy atom. The standard InChI is InChI=1S/C9H17F3N2O/c1-13-4-8(15)5-14(7-2-3-7)6-9(10,11)12/h7-8,13,15H,2-6H2,1H3. The number of nitrogens with one attached hydrogen (secondary N) is 1. The summed E-state index contributed by atoms with van der Waals surface area (Å²) in [6, 6.07) is 0.0122. The Balaban J connectivity index is 2.37. The summed E-state index contributed by atoms with van der Waals surface area (Å²) in [5, 5.41) is 12.2. The smallest absolute Gasteiger partial charge is 0.390 e. The fourth-order valence-corrected chi connectivity index (χ4v) is 1.58. The molecular weight excluding hydrogens is 209 g/mol. The van der Waals surface area contributed by atoms with Gasteiger partial charge in [-0.1, -0.05) is 0 Å². The first kappa shape index (κ1) is 12.7. The van der Waals surface area contributed by atoms with Gasteiger partial charge in [-0.2, -0.15) is 13.2 Å². The van der Waals surface area contributed by atoms with E-state index in [1.54, 1.807) is 7.05 Å². The van der Waals surface area contributed by atoms with Gasteiger partial charge < -0.3 is 10.4 Å². The highest BCUT2D eigenvalue weighted by atomic mass is 19.4. The number of hydrogen-bond acceptors (Lipinski definition) is 3. The van der Waals surface area contributed by atoms with E-state index in [0.717, 1.165) is 12.8 Å². The average Bonchev–Trinajstić information content (AvgIpc) is 2.82. The number of halogens is 3. The second-order valence-corrected chi connectivity index (χ2v) is 3.99. The van der Waals surface area contributed by atoms with E-state index in [-0.39, 0.29) is 12.6 Å². The van der Waals surface area contributed by atoms with Gasteiger partial charge in [0.05, 0.1) is 12.6 Å². The number of aliphatic hydroxyl groups excluding tert-OH is 1. The maximum Gasteiger partial charge on any atom is 0.401 e. The summed E-state index contributed by atoms with van der Waals surface area (Å²) < 4.78 is 36.6. The molecule has 6 heteroatoms. The Hall–Kier alpha value is -0.330. The monoisotopic (exact) mass is 226 g/mol. The van der Waals surface area contributed by atoms with E-state index in [4.69, 9.17) is 0 Å². The molecule has 90 valence electrons. The van der Waals surface area contributed by atoms with Crippen LogP contribution in [-0.2, 0) is 0 Å².